The molecule has 10 nitrogen and oxygen atoms in total. The van der Waals surface area contributed by atoms with Gasteiger partial charge in [-0.05, 0) is 38.9 Å². The Kier molecular flexibility index (Phi) is 5.54. The van der Waals surface area contributed by atoms with Crippen molar-refractivity contribution in [3.05, 3.63) is 51.2 Å². The van der Waals surface area contributed by atoms with Crippen LogP contribution in [0.2, 0.25) is 0 Å². The van der Waals surface area contributed by atoms with E-state index in [4.69, 9.17) is 10.5 Å². The van der Waals surface area contributed by atoms with Crippen LogP contribution in [0.15, 0.2) is 28.7 Å². The van der Waals surface area contributed by atoms with Crippen LogP contribution in [0.25, 0.3) is 0 Å². The smallest absolute Gasteiger partial charge is 0.255 e. The van der Waals surface area contributed by atoms with E-state index in [2.05, 4.69) is 0 Å². The second kappa shape index (κ2) is 7.90. The van der Waals surface area contributed by atoms with Gasteiger partial charge in [-0.25, -0.2) is 4.39 Å². The molecule has 0 fully saturated rings. The molecule has 0 aliphatic heterocycles. The molecule has 0 bridgehead atoms. The Balaban J connectivity index is 2.01. The Hall–Kier alpha value is -3.28. The Morgan fingerprint density at radius 1 is 1.32 bits per heavy atom. The summed E-state index contributed by atoms with van der Waals surface area (Å²) < 4.78 is 20.4. The van der Waals surface area contributed by atoms with E-state index < -0.39 is 76.2 Å². The highest BCUT2D eigenvalue weighted by atomic mass is 19.1. The van der Waals surface area contributed by atoms with Crippen LogP contribution in [-0.2, 0) is 27.4 Å². The highest BCUT2D eigenvalue weighted by Crippen LogP contribution is 2.53. The van der Waals surface area contributed by atoms with E-state index in [-0.39, 0.29) is 35.1 Å². The molecule has 3 aliphatic rings. The Labute approximate surface area is 193 Å². The number of Topliss-reactive ketones (excluding diaryl/α,β-unsaturated/α-hetero) is 2. The predicted octanol–water partition coefficient (Wildman–Crippen LogP) is -0.160. The van der Waals surface area contributed by atoms with Gasteiger partial charge >= 0.3 is 0 Å². The van der Waals surface area contributed by atoms with Crippen LogP contribution in [0, 0.1) is 17.7 Å². The Morgan fingerprint density at radius 2 is 1.97 bits per heavy atom. The standard InChI is InChI=1S/C23H25FN2O8/c1-26(2)17-11-5-8-4-10-14(12(28)6-9(7-27)16(10)24)18(29)13(8)21(34-3)23(11,33)20(31)15(19(17)30)22(25)32/h6,8,11,17,27-28,30,33H,4-5,7H2,1-3H3,(H2,25,32)/t8-,11-,17-,23+/m0/s1. The number of carbonyl (C=O) groups excluding carboxylic acids is 3. The molecule has 1 amide bonds. The number of halogens is 1. The Morgan fingerprint density at radius 3 is 2.50 bits per heavy atom. The minimum Gasteiger partial charge on any atom is -0.510 e. The number of nitrogens with zero attached hydrogens (tertiary/aromatic N) is 1. The van der Waals surface area contributed by atoms with Crippen LogP contribution < -0.4 is 5.73 Å². The van der Waals surface area contributed by atoms with Gasteiger partial charge in [-0.1, -0.05) is 0 Å². The molecule has 0 radical (unpaired) electrons. The predicted molar refractivity (Wildman–Crippen MR) is 114 cm³/mol. The summed E-state index contributed by atoms with van der Waals surface area (Å²) in [5.41, 5.74) is 1.28. The number of fused-ring (bicyclic) bond motifs is 3. The molecule has 6 N–H and O–H groups in total. The van der Waals surface area contributed by atoms with Crippen molar-refractivity contribution in [2.24, 2.45) is 17.6 Å². The van der Waals surface area contributed by atoms with Crippen LogP contribution >= 0.6 is 0 Å². The summed E-state index contributed by atoms with van der Waals surface area (Å²) >= 11 is 0. The average Bonchev–Trinajstić information content (AvgIpc) is 2.75. The van der Waals surface area contributed by atoms with Crippen molar-refractivity contribution in [3.8, 4) is 5.75 Å². The number of rotatable bonds is 4. The van der Waals surface area contributed by atoms with Crippen LogP contribution in [0.4, 0.5) is 4.39 Å². The number of aromatic hydroxyl groups is 1. The van der Waals surface area contributed by atoms with E-state index in [1.54, 1.807) is 14.1 Å². The fourth-order valence-electron chi connectivity index (χ4n) is 5.71. The molecule has 0 unspecified atom stereocenters. The summed E-state index contributed by atoms with van der Waals surface area (Å²) in [5, 5.41) is 42.4. The number of primary amides is 1. The quantitative estimate of drug-likeness (QED) is 0.371. The number of hydrogen-bond donors (Lipinski definition) is 5. The lowest BCUT2D eigenvalue weighted by molar-refractivity contribution is -0.149. The first kappa shape index (κ1) is 23.9. The molecule has 0 heterocycles. The van der Waals surface area contributed by atoms with Gasteiger partial charge in [-0.3, -0.25) is 19.3 Å². The van der Waals surface area contributed by atoms with Crippen molar-refractivity contribution < 1.29 is 43.9 Å². The monoisotopic (exact) mass is 476 g/mol. The number of phenolic OH excluding ortho intramolecular Hbond substituents is 1. The van der Waals surface area contributed by atoms with Gasteiger partial charge < -0.3 is 30.9 Å². The lowest BCUT2D eigenvalue weighted by atomic mass is 9.58. The van der Waals surface area contributed by atoms with E-state index in [1.165, 1.54) is 4.90 Å². The first-order chi connectivity index (χ1) is 15.9. The fraction of sp³-hybridized carbons (Fsp3) is 0.435. The van der Waals surface area contributed by atoms with Gasteiger partial charge in [0.2, 0.25) is 5.78 Å². The second-order valence-electron chi connectivity index (χ2n) is 9.03. The maximum atomic E-state index is 15.0. The molecule has 3 aliphatic carbocycles. The van der Waals surface area contributed by atoms with E-state index in [1.807, 2.05) is 0 Å². The van der Waals surface area contributed by atoms with Gasteiger partial charge in [0.15, 0.2) is 11.4 Å². The number of aliphatic hydroxyl groups excluding tert-OH is 2. The number of ketones is 2. The minimum atomic E-state index is -2.52. The van der Waals surface area contributed by atoms with Crippen molar-refractivity contribution in [2.75, 3.05) is 21.2 Å². The van der Waals surface area contributed by atoms with Gasteiger partial charge in [-0.15, -0.1) is 0 Å². The van der Waals surface area contributed by atoms with Gasteiger partial charge in [0.05, 0.1) is 25.3 Å². The van der Waals surface area contributed by atoms with Crippen LogP contribution in [0.1, 0.15) is 27.9 Å². The van der Waals surface area contributed by atoms with E-state index in [0.29, 0.717) is 0 Å². The van der Waals surface area contributed by atoms with E-state index >= 15 is 4.39 Å². The van der Waals surface area contributed by atoms with Crippen molar-refractivity contribution >= 4 is 17.5 Å². The minimum absolute atomic E-state index is 0.0574. The fourth-order valence-corrected chi connectivity index (χ4v) is 5.71. The molecule has 4 rings (SSSR count). The van der Waals surface area contributed by atoms with Crippen molar-refractivity contribution in [3.63, 3.8) is 0 Å². The largest absolute Gasteiger partial charge is 0.510 e. The van der Waals surface area contributed by atoms with Gasteiger partial charge in [0.25, 0.3) is 5.91 Å². The first-order valence-corrected chi connectivity index (χ1v) is 10.6. The molecule has 182 valence electrons. The molecule has 11 heteroatoms. The number of phenols is 1. The number of benzene rings is 1. The van der Waals surface area contributed by atoms with Crippen LogP contribution in [0.3, 0.4) is 0 Å². The summed E-state index contributed by atoms with van der Waals surface area (Å²) in [7, 11) is 4.26. The lowest BCUT2D eigenvalue weighted by Gasteiger charge is -2.50. The number of aliphatic hydroxyl groups is 3. The van der Waals surface area contributed by atoms with Crippen molar-refractivity contribution in [1.82, 2.24) is 4.90 Å². The maximum absolute atomic E-state index is 15.0. The number of allylic oxidation sites excluding steroid dienone is 1. The summed E-state index contributed by atoms with van der Waals surface area (Å²) in [4.78, 5) is 40.4. The summed E-state index contributed by atoms with van der Waals surface area (Å²) in [6, 6.07) is -0.102. The summed E-state index contributed by atoms with van der Waals surface area (Å²) in [6.07, 6.45) is -0.150. The Bertz CT molecular complexity index is 1200. The molecule has 0 saturated heterocycles. The highest BCUT2D eigenvalue weighted by Gasteiger charge is 2.63. The zero-order valence-electron chi connectivity index (χ0n) is 18.8. The molecule has 0 saturated carbocycles. The molecule has 34 heavy (non-hydrogen) atoms. The van der Waals surface area contributed by atoms with E-state index in [0.717, 1.165) is 13.2 Å². The summed E-state index contributed by atoms with van der Waals surface area (Å²) in [6.45, 7) is -0.689. The maximum Gasteiger partial charge on any atom is 0.255 e. The van der Waals surface area contributed by atoms with Crippen molar-refractivity contribution in [1.29, 1.82) is 0 Å². The number of hydrogen-bond acceptors (Lipinski definition) is 9. The molecular weight excluding hydrogens is 451 g/mol. The molecule has 1 aromatic rings. The van der Waals surface area contributed by atoms with Crippen LogP contribution in [-0.4, -0.2) is 75.6 Å². The highest BCUT2D eigenvalue weighted by molar-refractivity contribution is 6.24. The number of ether oxygens (including phenoxy) is 1. The topological polar surface area (TPSA) is 171 Å². The normalized spacial score (nSPS) is 28.6. The third-order valence-corrected chi connectivity index (χ3v) is 7.08. The molecular formula is C23H25FN2O8. The molecule has 0 aromatic heterocycles. The lowest BCUT2D eigenvalue weighted by Crippen LogP contribution is -2.64. The zero-order chi connectivity index (χ0) is 25.3. The van der Waals surface area contributed by atoms with Crippen molar-refractivity contribution in [2.45, 2.75) is 31.1 Å². The first-order valence-electron chi connectivity index (χ1n) is 10.6. The molecule has 4 atom stereocenters. The summed E-state index contributed by atoms with van der Waals surface area (Å²) in [5.74, 6) is -7.54. The third-order valence-electron chi connectivity index (χ3n) is 7.08. The second-order valence-corrected chi connectivity index (χ2v) is 9.03. The average molecular weight is 476 g/mol. The zero-order valence-corrected chi connectivity index (χ0v) is 18.8. The van der Waals surface area contributed by atoms with Gasteiger partial charge in [-0.2, -0.15) is 0 Å². The molecule has 1 aromatic carbocycles. The number of nitrogens with two attached hydrogens (primary N) is 1. The number of methoxy groups -OCH3 is 1. The SMILES string of the molecule is COC1=C2C(=O)c3c(O)cc(CO)c(F)c3C[C@H]2C[C@H]2[C@H](N(C)C)C(O)=C(C(N)=O)C(=O)[C@@]12O. The number of likely N-dealkylation sites (N-methyl/N-ethyl adjacent to an activating group) is 1. The number of amides is 1. The van der Waals surface area contributed by atoms with E-state index in [9.17, 15) is 34.8 Å². The van der Waals surface area contributed by atoms with Gasteiger partial charge in [0.1, 0.15) is 28.7 Å². The van der Waals surface area contributed by atoms with Crippen LogP contribution in [0.5, 0.6) is 5.75 Å². The third kappa shape index (κ3) is 2.93. The number of carbonyl (C=O) groups is 3. The van der Waals surface area contributed by atoms with Gasteiger partial charge in [0, 0.05) is 22.6 Å². The molecule has 0 spiro atoms.